The van der Waals surface area contributed by atoms with Gasteiger partial charge in [0.2, 0.25) is 5.91 Å². The molecular formula is C23H25N3O2. The summed E-state index contributed by atoms with van der Waals surface area (Å²) in [6.45, 7) is 2.65. The molecule has 2 aromatic carbocycles. The molecule has 5 nitrogen and oxygen atoms in total. The molecule has 0 saturated heterocycles. The highest BCUT2D eigenvalue weighted by atomic mass is 16.2. The molecule has 144 valence electrons. The summed E-state index contributed by atoms with van der Waals surface area (Å²) >= 11 is 0. The Bertz CT molecular complexity index is 1080. The highest BCUT2D eigenvalue weighted by Gasteiger charge is 2.28. The highest BCUT2D eigenvalue weighted by Crippen LogP contribution is 2.34. The summed E-state index contributed by atoms with van der Waals surface area (Å²) in [5, 5.41) is 0.654. The number of amides is 1. The van der Waals surface area contributed by atoms with E-state index in [0.717, 1.165) is 24.2 Å². The molecule has 28 heavy (non-hydrogen) atoms. The van der Waals surface area contributed by atoms with Gasteiger partial charge >= 0.3 is 0 Å². The van der Waals surface area contributed by atoms with Crippen molar-refractivity contribution >= 4 is 16.8 Å². The fourth-order valence-electron chi connectivity index (χ4n) is 3.62. The molecule has 0 aliphatic heterocycles. The number of rotatable bonds is 6. The predicted molar refractivity (Wildman–Crippen MR) is 110 cm³/mol. The summed E-state index contributed by atoms with van der Waals surface area (Å²) in [7, 11) is 1.83. The molecule has 1 aromatic heterocycles. The fraction of sp³-hybridized carbons (Fsp3) is 0.348. The summed E-state index contributed by atoms with van der Waals surface area (Å²) in [5.74, 6) is 0.789. The van der Waals surface area contributed by atoms with Crippen LogP contribution in [0.25, 0.3) is 10.9 Å². The van der Waals surface area contributed by atoms with Crippen LogP contribution in [-0.4, -0.2) is 27.4 Å². The van der Waals surface area contributed by atoms with E-state index in [0.29, 0.717) is 30.3 Å². The van der Waals surface area contributed by atoms with Gasteiger partial charge < -0.3 is 4.90 Å². The summed E-state index contributed by atoms with van der Waals surface area (Å²) in [6.07, 6.45) is 2.84. The predicted octanol–water partition coefficient (Wildman–Crippen LogP) is 3.63. The highest BCUT2D eigenvalue weighted by molar-refractivity contribution is 5.78. The number of aromatic nitrogens is 2. The molecule has 1 amide bonds. The van der Waals surface area contributed by atoms with Crippen LogP contribution in [0.4, 0.5) is 0 Å². The van der Waals surface area contributed by atoms with Gasteiger partial charge in [0, 0.05) is 32.5 Å². The van der Waals surface area contributed by atoms with Crippen LogP contribution < -0.4 is 5.56 Å². The van der Waals surface area contributed by atoms with Crippen molar-refractivity contribution in [1.29, 1.82) is 0 Å². The molecule has 1 saturated carbocycles. The third kappa shape index (κ3) is 3.70. The van der Waals surface area contributed by atoms with Crippen LogP contribution in [-0.2, 0) is 17.8 Å². The van der Waals surface area contributed by atoms with E-state index in [1.54, 1.807) is 4.90 Å². The minimum Gasteiger partial charge on any atom is -0.341 e. The van der Waals surface area contributed by atoms with Gasteiger partial charge in [0.05, 0.1) is 10.9 Å². The van der Waals surface area contributed by atoms with Crippen molar-refractivity contribution in [2.75, 3.05) is 7.05 Å². The molecular weight excluding hydrogens is 350 g/mol. The molecule has 5 heteroatoms. The Labute approximate surface area is 164 Å². The van der Waals surface area contributed by atoms with Crippen LogP contribution in [0.3, 0.4) is 0 Å². The van der Waals surface area contributed by atoms with Gasteiger partial charge in [0.25, 0.3) is 5.56 Å². The molecule has 1 aliphatic rings. The zero-order valence-corrected chi connectivity index (χ0v) is 16.4. The number of nitrogens with zero attached hydrogens (tertiary/aromatic N) is 3. The second-order valence-corrected chi connectivity index (χ2v) is 7.63. The third-order valence-electron chi connectivity index (χ3n) is 5.45. The van der Waals surface area contributed by atoms with E-state index < -0.39 is 0 Å². The molecule has 0 radical (unpaired) electrons. The summed E-state index contributed by atoms with van der Waals surface area (Å²) in [5.41, 5.74) is 3.06. The Kier molecular flexibility index (Phi) is 4.99. The largest absolute Gasteiger partial charge is 0.341 e. The molecule has 4 rings (SSSR count). The van der Waals surface area contributed by atoms with E-state index in [1.807, 2.05) is 48.0 Å². The first kappa shape index (κ1) is 18.4. The molecule has 1 heterocycles. The molecule has 0 unspecified atom stereocenters. The lowest BCUT2D eigenvalue weighted by molar-refractivity contribution is -0.130. The van der Waals surface area contributed by atoms with E-state index in [9.17, 15) is 9.59 Å². The first-order valence-electron chi connectivity index (χ1n) is 9.83. The van der Waals surface area contributed by atoms with Gasteiger partial charge in [-0.3, -0.25) is 14.2 Å². The topological polar surface area (TPSA) is 55.2 Å². The number of carbonyl (C=O) groups excluding carboxylic acids is 1. The van der Waals surface area contributed by atoms with Crippen molar-refractivity contribution in [2.45, 2.75) is 45.2 Å². The Balaban J connectivity index is 1.52. The lowest BCUT2D eigenvalue weighted by atomic mass is 10.1. The lowest BCUT2D eigenvalue weighted by Crippen LogP contribution is -2.29. The summed E-state index contributed by atoms with van der Waals surface area (Å²) in [4.78, 5) is 32.1. The Morgan fingerprint density at radius 2 is 1.86 bits per heavy atom. The maximum absolute atomic E-state index is 12.9. The first-order valence-corrected chi connectivity index (χ1v) is 9.83. The van der Waals surface area contributed by atoms with Gasteiger partial charge in [-0.05, 0) is 43.0 Å². The molecule has 0 spiro atoms. The van der Waals surface area contributed by atoms with Crippen molar-refractivity contribution in [3.63, 3.8) is 0 Å². The van der Waals surface area contributed by atoms with E-state index in [1.165, 1.54) is 5.56 Å². The number of benzene rings is 2. The van der Waals surface area contributed by atoms with Crippen molar-refractivity contribution in [1.82, 2.24) is 14.5 Å². The van der Waals surface area contributed by atoms with Crippen molar-refractivity contribution < 1.29 is 4.79 Å². The number of hydrogen-bond donors (Lipinski definition) is 0. The third-order valence-corrected chi connectivity index (χ3v) is 5.45. The van der Waals surface area contributed by atoms with Crippen LogP contribution in [0, 0.1) is 6.92 Å². The van der Waals surface area contributed by atoms with Crippen molar-refractivity contribution in [2.24, 2.45) is 0 Å². The van der Waals surface area contributed by atoms with Crippen LogP contribution >= 0.6 is 0 Å². The molecule has 0 bridgehead atoms. The van der Waals surface area contributed by atoms with Crippen molar-refractivity contribution in [3.8, 4) is 0 Å². The standard InChI is InChI=1S/C23H25N3O2/c1-16-7-3-4-8-17(16)15-25(2)22(27)14-13-21-24-20-10-6-5-9-19(20)23(28)26(21)18-11-12-18/h3-10,18H,11-15H2,1-2H3. The molecule has 0 atom stereocenters. The fourth-order valence-corrected chi connectivity index (χ4v) is 3.62. The van der Waals surface area contributed by atoms with Gasteiger partial charge in [-0.15, -0.1) is 0 Å². The van der Waals surface area contributed by atoms with E-state index >= 15 is 0 Å². The SMILES string of the molecule is Cc1ccccc1CN(C)C(=O)CCc1nc2ccccc2c(=O)n1C1CC1. The average Bonchev–Trinajstić information content (AvgIpc) is 3.53. The summed E-state index contributed by atoms with van der Waals surface area (Å²) in [6, 6.07) is 15.8. The number of fused-ring (bicyclic) bond motifs is 1. The summed E-state index contributed by atoms with van der Waals surface area (Å²) < 4.78 is 1.82. The normalized spacial score (nSPS) is 13.6. The van der Waals surface area contributed by atoms with Gasteiger partial charge in [0.1, 0.15) is 5.82 Å². The Morgan fingerprint density at radius 3 is 2.61 bits per heavy atom. The maximum atomic E-state index is 12.9. The zero-order valence-electron chi connectivity index (χ0n) is 16.4. The van der Waals surface area contributed by atoms with Crippen LogP contribution in [0.5, 0.6) is 0 Å². The minimum absolute atomic E-state index is 0.0174. The van der Waals surface area contributed by atoms with Gasteiger partial charge in [0.15, 0.2) is 0 Å². The second kappa shape index (κ2) is 7.58. The second-order valence-electron chi connectivity index (χ2n) is 7.63. The zero-order chi connectivity index (χ0) is 19.7. The molecule has 0 N–H and O–H groups in total. The van der Waals surface area contributed by atoms with E-state index in [-0.39, 0.29) is 17.5 Å². The van der Waals surface area contributed by atoms with Crippen molar-refractivity contribution in [3.05, 3.63) is 75.8 Å². The Morgan fingerprint density at radius 1 is 1.14 bits per heavy atom. The molecule has 3 aromatic rings. The minimum atomic E-state index is 0.0174. The number of aryl methyl sites for hydroxylation is 2. The molecule has 1 aliphatic carbocycles. The smallest absolute Gasteiger partial charge is 0.261 e. The van der Waals surface area contributed by atoms with Gasteiger partial charge in [-0.2, -0.15) is 0 Å². The van der Waals surface area contributed by atoms with E-state index in [4.69, 9.17) is 4.98 Å². The lowest BCUT2D eigenvalue weighted by Gasteiger charge is -2.19. The van der Waals surface area contributed by atoms with E-state index in [2.05, 4.69) is 19.1 Å². The monoisotopic (exact) mass is 375 g/mol. The number of hydrogen-bond acceptors (Lipinski definition) is 3. The van der Waals surface area contributed by atoms with Crippen LogP contribution in [0.1, 0.15) is 42.3 Å². The quantitative estimate of drug-likeness (QED) is 0.661. The first-order chi connectivity index (χ1) is 13.5. The Hall–Kier alpha value is -2.95. The van der Waals surface area contributed by atoms with Crippen LogP contribution in [0.2, 0.25) is 0 Å². The van der Waals surface area contributed by atoms with Gasteiger partial charge in [-0.25, -0.2) is 4.98 Å². The number of para-hydroxylation sites is 1. The number of carbonyl (C=O) groups is 1. The molecule has 1 fully saturated rings. The van der Waals surface area contributed by atoms with Crippen LogP contribution in [0.15, 0.2) is 53.3 Å². The average molecular weight is 375 g/mol. The van der Waals surface area contributed by atoms with Gasteiger partial charge in [-0.1, -0.05) is 36.4 Å². The maximum Gasteiger partial charge on any atom is 0.261 e.